The molecule has 0 aliphatic carbocycles. The Balaban J connectivity index is 3.20. The van der Waals surface area contributed by atoms with Crippen molar-refractivity contribution in [3.8, 4) is 0 Å². The fourth-order valence-electron chi connectivity index (χ4n) is 1.00. The summed E-state index contributed by atoms with van der Waals surface area (Å²) in [6.45, 7) is 4.17. The van der Waals surface area contributed by atoms with Crippen molar-refractivity contribution in [3.05, 3.63) is 0 Å². The molecule has 1 unspecified atom stereocenters. The van der Waals surface area contributed by atoms with Crippen molar-refractivity contribution < 1.29 is 15.2 Å². The first-order valence-electron chi connectivity index (χ1n) is 4.32. The van der Waals surface area contributed by atoms with E-state index in [1.165, 1.54) is 12.8 Å². The van der Waals surface area contributed by atoms with Gasteiger partial charge in [0, 0.05) is 0 Å². The van der Waals surface area contributed by atoms with Gasteiger partial charge in [0.1, 0.15) is 0 Å². The van der Waals surface area contributed by atoms with Gasteiger partial charge in [-0.3, -0.25) is 0 Å². The molecule has 0 aliphatic heterocycles. The Kier molecular flexibility index (Phi) is 7.89. The van der Waals surface area contributed by atoms with Crippen LogP contribution >= 0.6 is 0 Å². The zero-order valence-corrected chi connectivity index (χ0v) is 7.38. The first-order chi connectivity index (χ1) is 5.35. The molecule has 3 heteroatoms. The smallest absolute Gasteiger partial charge is 0.0958 e. The van der Waals surface area contributed by atoms with Crippen LogP contribution in [0.25, 0.3) is 0 Å². The van der Waals surface area contributed by atoms with E-state index in [0.717, 1.165) is 19.3 Å². The maximum atomic E-state index is 8.00. The highest BCUT2D eigenvalue weighted by atomic mass is 17.5. The Morgan fingerprint density at radius 2 is 2.00 bits per heavy atom. The van der Waals surface area contributed by atoms with Crippen molar-refractivity contribution in [2.45, 2.75) is 52.1 Å². The van der Waals surface area contributed by atoms with E-state index in [9.17, 15) is 0 Å². The molecular weight excluding hydrogens is 144 g/mol. The van der Waals surface area contributed by atoms with Crippen LogP contribution in [0.2, 0.25) is 0 Å². The van der Waals surface area contributed by atoms with Crippen molar-refractivity contribution in [2.24, 2.45) is 0 Å². The minimum absolute atomic E-state index is 0.0477. The third kappa shape index (κ3) is 6.28. The number of hydrogen-bond acceptors (Lipinski definition) is 3. The molecule has 0 rings (SSSR count). The molecule has 0 aliphatic rings. The van der Waals surface area contributed by atoms with Gasteiger partial charge in [0.05, 0.1) is 6.10 Å². The van der Waals surface area contributed by atoms with Crippen LogP contribution in [0.3, 0.4) is 0 Å². The van der Waals surface area contributed by atoms with E-state index in [1.807, 2.05) is 6.92 Å². The van der Waals surface area contributed by atoms with Crippen LogP contribution in [-0.4, -0.2) is 11.4 Å². The Bertz CT molecular complexity index is 75.7. The van der Waals surface area contributed by atoms with Crippen LogP contribution in [0.4, 0.5) is 0 Å². The minimum Gasteiger partial charge on any atom is -0.221 e. The molecule has 1 N–H and O–H groups in total. The molecule has 11 heavy (non-hydrogen) atoms. The molecule has 0 saturated heterocycles. The predicted molar refractivity (Wildman–Crippen MR) is 43.0 cm³/mol. The molecule has 3 nitrogen and oxygen atoms in total. The van der Waals surface area contributed by atoms with Gasteiger partial charge in [-0.15, -0.1) is 0 Å². The van der Waals surface area contributed by atoms with Crippen LogP contribution in [0.1, 0.15) is 46.0 Å². The van der Waals surface area contributed by atoms with Gasteiger partial charge < -0.3 is 0 Å². The van der Waals surface area contributed by atoms with Crippen molar-refractivity contribution in [1.29, 1.82) is 0 Å². The lowest BCUT2D eigenvalue weighted by atomic mass is 10.1. The Morgan fingerprint density at radius 1 is 1.27 bits per heavy atom. The van der Waals surface area contributed by atoms with Crippen molar-refractivity contribution in [1.82, 2.24) is 0 Å². The molecule has 0 bridgehead atoms. The summed E-state index contributed by atoms with van der Waals surface area (Å²) in [6.07, 6.45) is 5.45. The lowest BCUT2D eigenvalue weighted by Crippen LogP contribution is -2.10. The predicted octanol–water partition coefficient (Wildman–Crippen LogP) is 2.77. The summed E-state index contributed by atoms with van der Waals surface area (Å²) in [7, 11) is 0. The average Bonchev–Trinajstić information content (AvgIpc) is 2.03. The molecular formula is C8H18O3. The summed E-state index contributed by atoms with van der Waals surface area (Å²) >= 11 is 0. The van der Waals surface area contributed by atoms with E-state index in [1.54, 1.807) is 0 Å². The summed E-state index contributed by atoms with van der Waals surface area (Å²) in [5, 5.41) is 11.6. The van der Waals surface area contributed by atoms with Gasteiger partial charge in [-0.25, -0.2) is 10.1 Å². The molecule has 0 aromatic carbocycles. The maximum Gasteiger partial charge on any atom is 0.0958 e. The van der Waals surface area contributed by atoms with Gasteiger partial charge in [-0.1, -0.05) is 38.1 Å². The highest BCUT2D eigenvalue weighted by molar-refractivity contribution is 4.52. The number of rotatable bonds is 7. The topological polar surface area (TPSA) is 38.7 Å². The van der Waals surface area contributed by atoms with Gasteiger partial charge in [-0.2, -0.15) is 0 Å². The van der Waals surface area contributed by atoms with E-state index in [2.05, 4.69) is 16.8 Å². The van der Waals surface area contributed by atoms with E-state index >= 15 is 0 Å². The van der Waals surface area contributed by atoms with Gasteiger partial charge in [0.2, 0.25) is 0 Å². The Morgan fingerprint density at radius 3 is 2.45 bits per heavy atom. The first-order valence-corrected chi connectivity index (χ1v) is 4.32. The van der Waals surface area contributed by atoms with Crippen LogP contribution in [0.5, 0.6) is 0 Å². The molecule has 0 saturated carbocycles. The van der Waals surface area contributed by atoms with Crippen LogP contribution in [-0.2, 0) is 9.93 Å². The van der Waals surface area contributed by atoms with Crippen molar-refractivity contribution in [3.63, 3.8) is 0 Å². The third-order valence-corrected chi connectivity index (χ3v) is 1.76. The molecule has 0 aromatic rings. The van der Waals surface area contributed by atoms with Crippen molar-refractivity contribution >= 4 is 0 Å². The molecule has 68 valence electrons. The Labute approximate surface area is 68.2 Å². The summed E-state index contributed by atoms with van der Waals surface area (Å²) < 4.78 is 0. The number of hydrogen-bond donors (Lipinski definition) is 1. The van der Waals surface area contributed by atoms with Crippen LogP contribution < -0.4 is 0 Å². The summed E-state index contributed by atoms with van der Waals surface area (Å²) in [6, 6.07) is 0. The molecule has 0 amide bonds. The molecule has 0 fully saturated rings. The summed E-state index contributed by atoms with van der Waals surface area (Å²) in [4.78, 5) is 4.59. The zero-order chi connectivity index (χ0) is 8.53. The monoisotopic (exact) mass is 162 g/mol. The highest BCUT2D eigenvalue weighted by Gasteiger charge is 2.06. The van der Waals surface area contributed by atoms with Gasteiger partial charge in [0.15, 0.2) is 0 Å². The van der Waals surface area contributed by atoms with E-state index < -0.39 is 0 Å². The zero-order valence-electron chi connectivity index (χ0n) is 7.38. The maximum absolute atomic E-state index is 8.00. The van der Waals surface area contributed by atoms with E-state index in [-0.39, 0.29) is 6.10 Å². The average molecular weight is 162 g/mol. The summed E-state index contributed by atoms with van der Waals surface area (Å²) in [5.74, 6) is 0. The number of unbranched alkanes of at least 4 members (excludes halogenated alkanes) is 2. The second kappa shape index (κ2) is 7.98. The van der Waals surface area contributed by atoms with Gasteiger partial charge in [-0.05, 0) is 12.8 Å². The first kappa shape index (κ1) is 10.9. The molecule has 0 heterocycles. The standard InChI is InChI=1S/C8H18O3/c1-3-5-6-7-8(4-2)10-11-9/h8-9H,3-7H2,1-2H3. The quantitative estimate of drug-likeness (QED) is 0.355. The molecule has 0 aromatic heterocycles. The van der Waals surface area contributed by atoms with E-state index in [4.69, 9.17) is 5.26 Å². The minimum atomic E-state index is 0.0477. The normalized spacial score (nSPS) is 13.4. The largest absolute Gasteiger partial charge is 0.221 e. The van der Waals surface area contributed by atoms with Crippen LogP contribution in [0.15, 0.2) is 0 Å². The lowest BCUT2D eigenvalue weighted by molar-refractivity contribution is -0.506. The SMILES string of the molecule is CCCCCC(CC)OOO. The lowest BCUT2D eigenvalue weighted by Gasteiger charge is -2.10. The second-order valence-electron chi connectivity index (χ2n) is 2.70. The second-order valence-corrected chi connectivity index (χ2v) is 2.70. The third-order valence-electron chi connectivity index (χ3n) is 1.76. The molecule has 0 spiro atoms. The fraction of sp³-hybridized carbons (Fsp3) is 1.00. The fourth-order valence-corrected chi connectivity index (χ4v) is 1.00. The van der Waals surface area contributed by atoms with Crippen LogP contribution in [0, 0.1) is 0 Å². The summed E-state index contributed by atoms with van der Waals surface area (Å²) in [5.41, 5.74) is 0. The van der Waals surface area contributed by atoms with Gasteiger partial charge in [0.25, 0.3) is 0 Å². The molecule has 1 atom stereocenters. The van der Waals surface area contributed by atoms with Crippen molar-refractivity contribution in [2.75, 3.05) is 0 Å². The van der Waals surface area contributed by atoms with E-state index in [0.29, 0.717) is 0 Å². The molecule has 0 radical (unpaired) electrons. The van der Waals surface area contributed by atoms with Gasteiger partial charge >= 0.3 is 0 Å². The Hall–Kier alpha value is -0.120. The highest BCUT2D eigenvalue weighted by Crippen LogP contribution is 2.09.